The summed E-state index contributed by atoms with van der Waals surface area (Å²) < 4.78 is 0. The van der Waals surface area contributed by atoms with E-state index in [9.17, 15) is 5.11 Å². The third-order valence-corrected chi connectivity index (χ3v) is 6.47. The van der Waals surface area contributed by atoms with Crippen molar-refractivity contribution in [2.75, 3.05) is 0 Å². The Labute approximate surface area is 115 Å². The molecule has 2 nitrogen and oxygen atoms in total. The Balaban J connectivity index is 1.72. The number of nitrogens with zero attached hydrogens (tertiary/aromatic N) is 1. The van der Waals surface area contributed by atoms with E-state index in [1.165, 1.54) is 37.7 Å². The van der Waals surface area contributed by atoms with E-state index in [1.807, 2.05) is 6.20 Å². The van der Waals surface area contributed by atoms with Gasteiger partial charge in [-0.1, -0.05) is 6.92 Å². The molecular weight excluding hydrogens is 234 g/mol. The predicted octanol–water partition coefficient (Wildman–Crippen LogP) is 3.30. The minimum Gasteiger partial charge on any atom is -0.393 e. The highest BCUT2D eigenvalue weighted by molar-refractivity contribution is 5.32. The summed E-state index contributed by atoms with van der Waals surface area (Å²) in [5, 5.41) is 10.4. The normalized spacial score (nSPS) is 44.3. The third kappa shape index (κ3) is 1.56. The highest BCUT2D eigenvalue weighted by Crippen LogP contribution is 2.60. The van der Waals surface area contributed by atoms with E-state index in [0.29, 0.717) is 0 Å². The summed E-state index contributed by atoms with van der Waals surface area (Å²) in [6.45, 7) is 2.34. The van der Waals surface area contributed by atoms with E-state index in [2.05, 4.69) is 24.2 Å². The molecule has 2 heteroatoms. The lowest BCUT2D eigenvalue weighted by Crippen LogP contribution is -2.43. The molecule has 1 heterocycles. The van der Waals surface area contributed by atoms with Crippen molar-refractivity contribution in [2.45, 2.75) is 57.5 Å². The van der Waals surface area contributed by atoms with Crippen LogP contribution in [-0.2, 0) is 6.42 Å². The Morgan fingerprint density at radius 2 is 2.16 bits per heavy atom. The summed E-state index contributed by atoms with van der Waals surface area (Å²) in [5.74, 6) is 2.27. The van der Waals surface area contributed by atoms with Crippen LogP contribution >= 0.6 is 0 Å². The highest BCUT2D eigenvalue weighted by atomic mass is 16.3. The van der Waals surface area contributed by atoms with Crippen LogP contribution in [0.4, 0.5) is 0 Å². The van der Waals surface area contributed by atoms with Gasteiger partial charge in [0.15, 0.2) is 0 Å². The lowest BCUT2D eigenvalue weighted by molar-refractivity contribution is -0.0226. The first-order valence-electron chi connectivity index (χ1n) is 7.81. The van der Waals surface area contributed by atoms with Gasteiger partial charge in [0.05, 0.1) is 6.10 Å². The summed E-state index contributed by atoms with van der Waals surface area (Å²) in [6, 6.07) is 2.25. The van der Waals surface area contributed by atoms with Crippen molar-refractivity contribution in [2.24, 2.45) is 17.3 Å². The SMILES string of the molecule is C[C@]12CC[C@@H]3c4ccncc4CC[C@H]3[C@@H]1CC[C@@H]2O. The van der Waals surface area contributed by atoms with Gasteiger partial charge in [-0.15, -0.1) is 0 Å². The summed E-state index contributed by atoms with van der Waals surface area (Å²) in [6.07, 6.45) is 11.2. The molecule has 102 valence electrons. The lowest BCUT2D eigenvalue weighted by atomic mass is 9.55. The Bertz CT molecular complexity index is 500. The molecule has 1 aromatic heterocycles. The van der Waals surface area contributed by atoms with Gasteiger partial charge in [0, 0.05) is 12.4 Å². The number of aliphatic hydroxyl groups excluding tert-OH is 1. The summed E-state index contributed by atoms with van der Waals surface area (Å²) in [5.41, 5.74) is 3.24. The number of rotatable bonds is 0. The zero-order valence-corrected chi connectivity index (χ0v) is 11.7. The van der Waals surface area contributed by atoms with Crippen molar-refractivity contribution in [3.63, 3.8) is 0 Å². The Morgan fingerprint density at radius 1 is 1.26 bits per heavy atom. The molecule has 0 radical (unpaired) electrons. The largest absolute Gasteiger partial charge is 0.393 e. The molecule has 19 heavy (non-hydrogen) atoms. The fourth-order valence-corrected chi connectivity index (χ4v) is 5.38. The van der Waals surface area contributed by atoms with Crippen molar-refractivity contribution in [1.82, 2.24) is 4.98 Å². The molecule has 0 saturated heterocycles. The van der Waals surface area contributed by atoms with Crippen molar-refractivity contribution in [3.8, 4) is 0 Å². The van der Waals surface area contributed by atoms with Crippen molar-refractivity contribution >= 4 is 0 Å². The average Bonchev–Trinajstić information content (AvgIpc) is 2.75. The van der Waals surface area contributed by atoms with Crippen molar-refractivity contribution < 1.29 is 5.11 Å². The fraction of sp³-hybridized carbons (Fsp3) is 0.706. The van der Waals surface area contributed by atoms with E-state index in [1.54, 1.807) is 5.56 Å². The summed E-state index contributed by atoms with van der Waals surface area (Å²) in [7, 11) is 0. The minimum atomic E-state index is -0.0581. The summed E-state index contributed by atoms with van der Waals surface area (Å²) in [4.78, 5) is 4.29. The molecule has 2 saturated carbocycles. The first-order chi connectivity index (χ1) is 9.20. The molecule has 3 aliphatic carbocycles. The first kappa shape index (κ1) is 11.9. The minimum absolute atomic E-state index is 0.0581. The van der Waals surface area contributed by atoms with Gasteiger partial charge in [0.25, 0.3) is 0 Å². The molecule has 2 fully saturated rings. The second-order valence-electron chi connectivity index (χ2n) is 7.13. The Hall–Kier alpha value is -0.890. The second-order valence-corrected chi connectivity index (χ2v) is 7.13. The topological polar surface area (TPSA) is 33.1 Å². The standard InChI is InChI=1S/C17H23NO/c1-17-8-6-13-12-7-9-18-10-11(12)2-3-14(13)15(17)4-5-16(17)19/h7,9-10,13-16,19H,2-6,8H2,1H3/t13-,14-,15+,16+,17+/m1/s1. The Morgan fingerprint density at radius 3 is 3.05 bits per heavy atom. The van der Waals surface area contributed by atoms with Crippen LogP contribution in [0.25, 0.3) is 0 Å². The quantitative estimate of drug-likeness (QED) is 0.773. The van der Waals surface area contributed by atoms with Crippen LogP contribution in [0.2, 0.25) is 0 Å². The number of hydrogen-bond donors (Lipinski definition) is 1. The molecule has 1 aromatic rings. The zero-order chi connectivity index (χ0) is 13.0. The molecule has 3 aliphatic rings. The van der Waals surface area contributed by atoms with Gasteiger partial charge in [-0.25, -0.2) is 0 Å². The molecule has 0 amide bonds. The summed E-state index contributed by atoms with van der Waals surface area (Å²) >= 11 is 0. The van der Waals surface area contributed by atoms with E-state index in [-0.39, 0.29) is 11.5 Å². The average molecular weight is 257 g/mol. The molecule has 0 spiro atoms. The van der Waals surface area contributed by atoms with Crippen LogP contribution in [0, 0.1) is 17.3 Å². The van der Waals surface area contributed by atoms with Crippen LogP contribution in [0.3, 0.4) is 0 Å². The number of hydrogen-bond acceptors (Lipinski definition) is 2. The second kappa shape index (κ2) is 4.05. The van der Waals surface area contributed by atoms with E-state index in [4.69, 9.17) is 0 Å². The number of aliphatic hydroxyl groups is 1. The number of aromatic nitrogens is 1. The maximum absolute atomic E-state index is 10.4. The lowest BCUT2D eigenvalue weighted by Gasteiger charge is -2.50. The smallest absolute Gasteiger partial charge is 0.0596 e. The monoisotopic (exact) mass is 257 g/mol. The van der Waals surface area contributed by atoms with E-state index >= 15 is 0 Å². The van der Waals surface area contributed by atoms with E-state index < -0.39 is 0 Å². The van der Waals surface area contributed by atoms with Crippen molar-refractivity contribution in [3.05, 3.63) is 29.6 Å². The molecule has 5 atom stereocenters. The van der Waals surface area contributed by atoms with Gasteiger partial charge in [-0.3, -0.25) is 4.98 Å². The zero-order valence-electron chi connectivity index (χ0n) is 11.7. The fourth-order valence-electron chi connectivity index (χ4n) is 5.38. The van der Waals surface area contributed by atoms with E-state index in [0.717, 1.165) is 24.2 Å². The molecule has 0 aliphatic heterocycles. The number of aryl methyl sites for hydroxylation is 1. The number of pyridine rings is 1. The Kier molecular flexibility index (Phi) is 2.54. The van der Waals surface area contributed by atoms with Crippen LogP contribution in [0.5, 0.6) is 0 Å². The number of fused-ring (bicyclic) bond motifs is 5. The van der Waals surface area contributed by atoms with Gasteiger partial charge in [-0.05, 0) is 78.9 Å². The molecule has 4 rings (SSSR count). The molecule has 0 unspecified atom stereocenters. The van der Waals surface area contributed by atoms with Crippen LogP contribution < -0.4 is 0 Å². The van der Waals surface area contributed by atoms with Crippen molar-refractivity contribution in [1.29, 1.82) is 0 Å². The molecular formula is C17H23NO. The molecule has 0 aromatic carbocycles. The molecule has 1 N–H and O–H groups in total. The van der Waals surface area contributed by atoms with Gasteiger partial charge < -0.3 is 5.11 Å². The highest BCUT2D eigenvalue weighted by Gasteiger charge is 2.54. The van der Waals surface area contributed by atoms with Gasteiger partial charge >= 0.3 is 0 Å². The molecule has 0 bridgehead atoms. The van der Waals surface area contributed by atoms with Crippen LogP contribution in [0.15, 0.2) is 18.5 Å². The van der Waals surface area contributed by atoms with Gasteiger partial charge in [-0.2, -0.15) is 0 Å². The van der Waals surface area contributed by atoms with Crippen LogP contribution in [-0.4, -0.2) is 16.2 Å². The maximum Gasteiger partial charge on any atom is 0.0596 e. The van der Waals surface area contributed by atoms with Gasteiger partial charge in [0.1, 0.15) is 0 Å². The van der Waals surface area contributed by atoms with Crippen LogP contribution in [0.1, 0.15) is 56.1 Å². The third-order valence-electron chi connectivity index (χ3n) is 6.47. The van der Waals surface area contributed by atoms with Gasteiger partial charge in [0.2, 0.25) is 0 Å². The first-order valence-corrected chi connectivity index (χ1v) is 7.81. The predicted molar refractivity (Wildman–Crippen MR) is 74.9 cm³/mol. The maximum atomic E-state index is 10.4.